The molecule has 1 aromatic heterocycles. The monoisotopic (exact) mass is 142 g/mol. The summed E-state index contributed by atoms with van der Waals surface area (Å²) in [7, 11) is 6.76. The highest BCUT2D eigenvalue weighted by atomic mass is 19.3. The van der Waals surface area contributed by atoms with E-state index in [4.69, 9.17) is 7.85 Å². The smallest absolute Gasteiger partial charge is 0.282 e. The van der Waals surface area contributed by atoms with E-state index in [1.807, 2.05) is 0 Å². The average Bonchev–Trinajstić information content (AvgIpc) is 2.13. The summed E-state index contributed by atoms with van der Waals surface area (Å²) in [5.74, 6) is 0. The lowest BCUT2D eigenvalue weighted by Crippen LogP contribution is -2.13. The minimum atomic E-state index is -2.54. The van der Waals surface area contributed by atoms with Gasteiger partial charge >= 0.3 is 0 Å². The highest BCUT2D eigenvalue weighted by molar-refractivity contribution is 6.30. The van der Waals surface area contributed by atoms with Crippen molar-refractivity contribution in [3.05, 3.63) is 11.8 Å². The number of alkyl halides is 2. The number of rotatable bonds is 1. The predicted molar refractivity (Wildman–Crippen MR) is 33.6 cm³/mol. The number of hydrogen-bond acceptors (Lipinski definition) is 1. The summed E-state index contributed by atoms with van der Waals surface area (Å²) in [5, 5.41) is 3.45. The number of halogens is 2. The van der Waals surface area contributed by atoms with E-state index in [0.717, 1.165) is 6.07 Å². The van der Waals surface area contributed by atoms with E-state index in [-0.39, 0.29) is 11.3 Å². The van der Waals surface area contributed by atoms with E-state index in [9.17, 15) is 8.78 Å². The lowest BCUT2D eigenvalue weighted by atomic mass is 10.1. The highest BCUT2D eigenvalue weighted by Crippen LogP contribution is 2.13. The van der Waals surface area contributed by atoms with Crippen molar-refractivity contribution < 1.29 is 8.78 Å². The second kappa shape index (κ2) is 2.40. The Kier molecular flexibility index (Phi) is 1.74. The fourth-order valence-electron chi connectivity index (χ4n) is 0.611. The maximum Gasteiger partial charge on any atom is 0.282 e. The van der Waals surface area contributed by atoms with E-state index in [2.05, 4.69) is 5.10 Å². The second-order valence-electron chi connectivity index (χ2n) is 1.92. The first-order valence-corrected chi connectivity index (χ1v) is 2.69. The van der Waals surface area contributed by atoms with Crippen LogP contribution in [0.3, 0.4) is 0 Å². The van der Waals surface area contributed by atoms with E-state index >= 15 is 0 Å². The molecule has 10 heavy (non-hydrogen) atoms. The number of nitrogens with zero attached hydrogens (tertiary/aromatic N) is 2. The molecule has 0 atom stereocenters. The maximum atomic E-state index is 11.8. The third-order valence-corrected chi connectivity index (χ3v) is 1.16. The largest absolute Gasteiger partial charge is 0.283 e. The van der Waals surface area contributed by atoms with Gasteiger partial charge < -0.3 is 0 Å². The van der Waals surface area contributed by atoms with Crippen LogP contribution in [-0.2, 0) is 7.05 Å². The summed E-state index contributed by atoms with van der Waals surface area (Å²) in [6.45, 7) is 0. The molecule has 0 amide bonds. The third-order valence-electron chi connectivity index (χ3n) is 1.16. The van der Waals surface area contributed by atoms with Crippen LogP contribution in [0.2, 0.25) is 0 Å². The molecule has 1 heterocycles. The molecule has 0 aliphatic heterocycles. The van der Waals surface area contributed by atoms with Gasteiger partial charge in [-0.25, -0.2) is 8.78 Å². The Morgan fingerprint density at radius 2 is 2.30 bits per heavy atom. The van der Waals surface area contributed by atoms with Gasteiger partial charge in [0.2, 0.25) is 0 Å². The molecule has 0 fully saturated rings. The molecule has 0 spiro atoms. The van der Waals surface area contributed by atoms with Crippen LogP contribution in [0.1, 0.15) is 12.1 Å². The van der Waals surface area contributed by atoms with Crippen molar-refractivity contribution >= 4 is 13.4 Å². The first kappa shape index (κ1) is 7.24. The summed E-state index contributed by atoms with van der Waals surface area (Å²) in [6.07, 6.45) is -2.54. The summed E-state index contributed by atoms with van der Waals surface area (Å²) in [6, 6.07) is 1.16. The minimum absolute atomic E-state index is 0.246. The molecule has 0 aliphatic carbocycles. The van der Waals surface area contributed by atoms with Gasteiger partial charge in [-0.15, -0.1) is 0 Å². The lowest BCUT2D eigenvalue weighted by Gasteiger charge is -1.90. The van der Waals surface area contributed by atoms with E-state index in [1.54, 1.807) is 0 Å². The van der Waals surface area contributed by atoms with E-state index < -0.39 is 6.43 Å². The van der Waals surface area contributed by atoms with Crippen molar-refractivity contribution in [1.82, 2.24) is 9.78 Å². The molecule has 0 aromatic carbocycles. The van der Waals surface area contributed by atoms with Crippen molar-refractivity contribution in [2.24, 2.45) is 7.05 Å². The van der Waals surface area contributed by atoms with Crippen molar-refractivity contribution in [1.29, 1.82) is 0 Å². The van der Waals surface area contributed by atoms with Crippen molar-refractivity contribution in [2.45, 2.75) is 6.43 Å². The molecular weight excluding hydrogens is 137 g/mol. The van der Waals surface area contributed by atoms with Gasteiger partial charge in [-0.1, -0.05) is 0 Å². The van der Waals surface area contributed by atoms with Crippen LogP contribution >= 0.6 is 0 Å². The van der Waals surface area contributed by atoms with Crippen LogP contribution in [0, 0.1) is 0 Å². The number of hydrogen-bond donors (Lipinski definition) is 0. The van der Waals surface area contributed by atoms with E-state index in [0.29, 0.717) is 0 Å². The van der Waals surface area contributed by atoms with Gasteiger partial charge in [0.25, 0.3) is 6.43 Å². The molecule has 52 valence electrons. The molecule has 5 heteroatoms. The first-order chi connectivity index (χ1) is 4.61. The van der Waals surface area contributed by atoms with Gasteiger partial charge in [-0.2, -0.15) is 5.10 Å². The fourth-order valence-corrected chi connectivity index (χ4v) is 0.611. The van der Waals surface area contributed by atoms with Crippen LogP contribution in [0.25, 0.3) is 0 Å². The summed E-state index contributed by atoms with van der Waals surface area (Å²) in [5.41, 5.74) is -0.0321. The molecule has 0 N–H and O–H groups in total. The lowest BCUT2D eigenvalue weighted by molar-refractivity contribution is 0.145. The van der Waals surface area contributed by atoms with Crippen LogP contribution in [0.5, 0.6) is 0 Å². The van der Waals surface area contributed by atoms with Gasteiger partial charge in [-0.05, 0) is 11.7 Å². The first-order valence-electron chi connectivity index (χ1n) is 2.69. The summed E-state index contributed by atoms with van der Waals surface area (Å²) >= 11 is 0. The Bertz CT molecular complexity index is 214. The molecule has 2 radical (unpaired) electrons. The van der Waals surface area contributed by atoms with Gasteiger partial charge in [0.15, 0.2) is 0 Å². The van der Waals surface area contributed by atoms with E-state index in [1.165, 1.54) is 11.7 Å². The zero-order valence-electron chi connectivity index (χ0n) is 5.38. The maximum absolute atomic E-state index is 11.8. The normalized spacial score (nSPS) is 10.8. The van der Waals surface area contributed by atoms with Crippen LogP contribution in [-0.4, -0.2) is 17.6 Å². The van der Waals surface area contributed by atoms with Crippen LogP contribution in [0.4, 0.5) is 8.78 Å². The van der Waals surface area contributed by atoms with Crippen molar-refractivity contribution in [3.63, 3.8) is 0 Å². The highest BCUT2D eigenvalue weighted by Gasteiger charge is 2.10. The summed E-state index contributed by atoms with van der Waals surface area (Å²) in [4.78, 5) is 0. The van der Waals surface area contributed by atoms with Crippen molar-refractivity contribution in [3.8, 4) is 0 Å². The molecule has 0 unspecified atom stereocenters. The standard InChI is InChI=1S/C5H5BF2N2/c1-10-4(6)2-3(9-10)5(7)8/h2,5H,1H3. The minimum Gasteiger partial charge on any atom is -0.283 e. The molecule has 0 saturated heterocycles. The second-order valence-corrected chi connectivity index (χ2v) is 1.92. The third kappa shape index (κ3) is 1.17. The molecule has 1 aromatic rings. The molecule has 0 bridgehead atoms. The molecule has 2 nitrogen and oxygen atoms in total. The Hall–Kier alpha value is -0.865. The van der Waals surface area contributed by atoms with Gasteiger partial charge in [0, 0.05) is 7.05 Å². The molecule has 1 rings (SSSR count). The number of aryl methyl sites for hydroxylation is 1. The van der Waals surface area contributed by atoms with Gasteiger partial charge in [0.1, 0.15) is 13.5 Å². The predicted octanol–water partition coefficient (Wildman–Crippen LogP) is 0.151. The Labute approximate surface area is 58.3 Å². The Morgan fingerprint density at radius 3 is 2.50 bits per heavy atom. The van der Waals surface area contributed by atoms with Gasteiger partial charge in [0.05, 0.1) is 0 Å². The molecule has 0 aliphatic rings. The zero-order valence-corrected chi connectivity index (χ0v) is 5.38. The topological polar surface area (TPSA) is 17.8 Å². The Morgan fingerprint density at radius 1 is 1.70 bits per heavy atom. The molecule has 0 saturated carbocycles. The average molecular weight is 142 g/mol. The van der Waals surface area contributed by atoms with Gasteiger partial charge in [-0.3, -0.25) is 4.68 Å². The number of aromatic nitrogens is 2. The summed E-state index contributed by atoms with van der Waals surface area (Å²) < 4.78 is 24.9. The zero-order chi connectivity index (χ0) is 7.72. The van der Waals surface area contributed by atoms with Crippen LogP contribution < -0.4 is 5.59 Å². The fraction of sp³-hybridized carbons (Fsp3) is 0.400. The SMILES string of the molecule is [B]c1cc(C(F)F)nn1C. The quantitative estimate of drug-likeness (QED) is 0.510. The van der Waals surface area contributed by atoms with Crippen LogP contribution in [0.15, 0.2) is 6.07 Å². The van der Waals surface area contributed by atoms with Crippen molar-refractivity contribution in [2.75, 3.05) is 0 Å². The Balaban J connectivity index is 2.98. The molecular formula is C5H5BF2N2.